The van der Waals surface area contributed by atoms with Gasteiger partial charge in [0.2, 0.25) is 11.8 Å². The number of nitrogens with one attached hydrogen (secondary N) is 2. The maximum Gasteiger partial charge on any atom is 0.272 e. The van der Waals surface area contributed by atoms with Gasteiger partial charge in [0, 0.05) is 32.6 Å². The maximum absolute atomic E-state index is 13.3. The Morgan fingerprint density at radius 2 is 1.50 bits per heavy atom. The van der Waals surface area contributed by atoms with E-state index < -0.39 is 17.1 Å². The molecule has 1 aliphatic rings. The molecule has 0 aliphatic carbocycles. The Hall–Kier alpha value is -4.37. The second kappa shape index (κ2) is 13.1. The monoisotopic (exact) mass is 615 g/mol. The molecule has 4 aromatic rings. The molecule has 1 atom stereocenters. The fourth-order valence-electron chi connectivity index (χ4n) is 4.23. The largest absolute Gasteiger partial charge is 0.321 e. The molecule has 0 spiro atoms. The number of halogens is 2. The predicted octanol–water partition coefficient (Wildman–Crippen LogP) is 6.83. The molecular weight excluding hydrogens is 593 g/mol. The molecule has 0 radical (unpaired) electrons. The standard InChI is InChI=1S/C32H23Cl2N3O4S/c33-22-10-14-24(15-11-22)37-29(38)19-28(32(37)41)42-25-16-12-23(13-17-25)35-31(40)27(18-21-8-4-5-9-26(21)34)36-30(39)20-6-2-1-3-7-20/h1-18,28H,19H2,(H,35,40)(H,36,39)/b27-18-. The maximum atomic E-state index is 13.3. The Labute approximate surface area is 256 Å². The number of imide groups is 1. The first kappa shape index (κ1) is 29.1. The van der Waals surface area contributed by atoms with Gasteiger partial charge < -0.3 is 10.6 Å². The van der Waals surface area contributed by atoms with Gasteiger partial charge in [0.05, 0.1) is 10.9 Å². The SMILES string of the molecule is O=C(Nc1ccc(SC2CC(=O)N(c3ccc(Cl)cc3)C2=O)cc1)/C(=C/c1ccccc1Cl)NC(=O)c1ccccc1. The molecule has 0 bridgehead atoms. The fourth-order valence-corrected chi connectivity index (χ4v) is 5.60. The summed E-state index contributed by atoms with van der Waals surface area (Å²) in [5.41, 5.74) is 1.92. The molecule has 5 rings (SSSR count). The normalized spacial score (nSPS) is 15.0. The molecule has 1 unspecified atom stereocenters. The third-order valence-electron chi connectivity index (χ3n) is 6.31. The number of anilines is 2. The van der Waals surface area contributed by atoms with Crippen molar-refractivity contribution in [2.75, 3.05) is 10.2 Å². The molecule has 1 aliphatic heterocycles. The zero-order valence-corrected chi connectivity index (χ0v) is 24.2. The minimum absolute atomic E-state index is 0.00719. The van der Waals surface area contributed by atoms with Crippen molar-refractivity contribution in [1.29, 1.82) is 0 Å². The van der Waals surface area contributed by atoms with E-state index in [1.807, 2.05) is 0 Å². The first-order chi connectivity index (χ1) is 20.3. The summed E-state index contributed by atoms with van der Waals surface area (Å²) < 4.78 is 0. The summed E-state index contributed by atoms with van der Waals surface area (Å²) in [6.45, 7) is 0. The van der Waals surface area contributed by atoms with E-state index in [1.165, 1.54) is 22.7 Å². The van der Waals surface area contributed by atoms with Crippen molar-refractivity contribution in [3.63, 3.8) is 0 Å². The van der Waals surface area contributed by atoms with E-state index in [9.17, 15) is 19.2 Å². The lowest BCUT2D eigenvalue weighted by Crippen LogP contribution is -2.31. The van der Waals surface area contributed by atoms with Crippen LogP contribution in [0.15, 0.2) is 114 Å². The summed E-state index contributed by atoms with van der Waals surface area (Å²) >= 11 is 13.5. The van der Waals surface area contributed by atoms with Gasteiger partial charge in [-0.1, -0.05) is 59.6 Å². The average Bonchev–Trinajstić information content (AvgIpc) is 3.27. The topological polar surface area (TPSA) is 95.6 Å². The Morgan fingerprint density at radius 1 is 0.833 bits per heavy atom. The molecule has 1 heterocycles. The molecule has 1 saturated heterocycles. The first-order valence-electron chi connectivity index (χ1n) is 12.8. The fraction of sp³-hybridized carbons (Fsp3) is 0.0625. The van der Waals surface area contributed by atoms with Gasteiger partial charge >= 0.3 is 0 Å². The zero-order valence-electron chi connectivity index (χ0n) is 21.9. The van der Waals surface area contributed by atoms with Crippen LogP contribution in [0.3, 0.4) is 0 Å². The number of carbonyl (C=O) groups excluding carboxylic acids is 4. The molecule has 1 fully saturated rings. The van der Waals surface area contributed by atoms with Crippen LogP contribution in [0.1, 0.15) is 22.3 Å². The number of hydrogen-bond acceptors (Lipinski definition) is 5. The number of hydrogen-bond donors (Lipinski definition) is 2. The van der Waals surface area contributed by atoms with Gasteiger partial charge in [0.15, 0.2) is 0 Å². The van der Waals surface area contributed by atoms with Crippen molar-refractivity contribution in [2.45, 2.75) is 16.6 Å². The Morgan fingerprint density at radius 3 is 2.19 bits per heavy atom. The Bertz CT molecular complexity index is 1680. The molecule has 0 aromatic heterocycles. The average molecular weight is 617 g/mol. The molecule has 210 valence electrons. The highest BCUT2D eigenvalue weighted by molar-refractivity contribution is 8.00. The van der Waals surface area contributed by atoms with Crippen LogP contribution >= 0.6 is 35.0 Å². The molecule has 0 saturated carbocycles. The van der Waals surface area contributed by atoms with Crippen LogP contribution < -0.4 is 15.5 Å². The third kappa shape index (κ3) is 6.91. The highest BCUT2D eigenvalue weighted by atomic mass is 35.5. The molecule has 7 nitrogen and oxygen atoms in total. The highest BCUT2D eigenvalue weighted by Crippen LogP contribution is 2.34. The van der Waals surface area contributed by atoms with Gasteiger partial charge in [0.1, 0.15) is 5.70 Å². The lowest BCUT2D eigenvalue weighted by molar-refractivity contribution is -0.121. The summed E-state index contributed by atoms with van der Waals surface area (Å²) in [7, 11) is 0. The van der Waals surface area contributed by atoms with E-state index in [4.69, 9.17) is 23.2 Å². The van der Waals surface area contributed by atoms with Crippen LogP contribution in [-0.4, -0.2) is 28.9 Å². The number of carbonyl (C=O) groups is 4. The van der Waals surface area contributed by atoms with Crippen molar-refractivity contribution in [3.05, 3.63) is 130 Å². The van der Waals surface area contributed by atoms with Gasteiger partial charge in [-0.25, -0.2) is 4.90 Å². The smallest absolute Gasteiger partial charge is 0.272 e. The van der Waals surface area contributed by atoms with Crippen molar-refractivity contribution < 1.29 is 19.2 Å². The summed E-state index contributed by atoms with van der Waals surface area (Å²) in [5.74, 6) is -1.57. The lowest BCUT2D eigenvalue weighted by Gasteiger charge is -2.15. The van der Waals surface area contributed by atoms with E-state index in [0.717, 1.165) is 4.90 Å². The Balaban J connectivity index is 1.28. The van der Waals surface area contributed by atoms with Gasteiger partial charge in [0.25, 0.3) is 11.8 Å². The number of amides is 4. The molecule has 4 aromatic carbocycles. The minimum atomic E-state index is -0.577. The van der Waals surface area contributed by atoms with E-state index in [-0.39, 0.29) is 23.9 Å². The molecule has 10 heteroatoms. The second-order valence-electron chi connectivity index (χ2n) is 9.23. The van der Waals surface area contributed by atoms with Crippen LogP contribution in [-0.2, 0) is 14.4 Å². The third-order valence-corrected chi connectivity index (χ3v) is 8.11. The van der Waals surface area contributed by atoms with Crippen LogP contribution in [0.2, 0.25) is 10.0 Å². The number of thioether (sulfide) groups is 1. The number of benzene rings is 4. The molecular formula is C32H23Cl2N3O4S. The molecule has 42 heavy (non-hydrogen) atoms. The van der Waals surface area contributed by atoms with E-state index >= 15 is 0 Å². The van der Waals surface area contributed by atoms with Gasteiger partial charge in [-0.3, -0.25) is 19.2 Å². The number of rotatable bonds is 8. The summed E-state index contributed by atoms with van der Waals surface area (Å²) in [5, 5.41) is 5.84. The minimum Gasteiger partial charge on any atom is -0.321 e. The van der Waals surface area contributed by atoms with E-state index in [1.54, 1.807) is 103 Å². The highest BCUT2D eigenvalue weighted by Gasteiger charge is 2.40. The summed E-state index contributed by atoms with van der Waals surface area (Å²) in [6, 6.07) is 28.9. The van der Waals surface area contributed by atoms with Crippen molar-refractivity contribution in [2.24, 2.45) is 0 Å². The quantitative estimate of drug-likeness (QED) is 0.167. The van der Waals surface area contributed by atoms with Gasteiger partial charge in [-0.05, 0) is 78.4 Å². The number of nitrogens with zero attached hydrogens (tertiary/aromatic N) is 1. The summed E-state index contributed by atoms with van der Waals surface area (Å²) in [4.78, 5) is 53.7. The zero-order chi connectivity index (χ0) is 29.6. The van der Waals surface area contributed by atoms with Crippen molar-refractivity contribution in [1.82, 2.24) is 5.32 Å². The Kier molecular flexibility index (Phi) is 9.07. The summed E-state index contributed by atoms with van der Waals surface area (Å²) in [6.07, 6.45) is 1.58. The first-order valence-corrected chi connectivity index (χ1v) is 14.4. The predicted molar refractivity (Wildman–Crippen MR) is 167 cm³/mol. The van der Waals surface area contributed by atoms with Crippen molar-refractivity contribution in [3.8, 4) is 0 Å². The van der Waals surface area contributed by atoms with Crippen LogP contribution in [0, 0.1) is 0 Å². The van der Waals surface area contributed by atoms with Crippen LogP contribution in [0.5, 0.6) is 0 Å². The molecule has 2 N–H and O–H groups in total. The lowest BCUT2D eigenvalue weighted by atomic mass is 10.1. The van der Waals surface area contributed by atoms with Crippen molar-refractivity contribution >= 4 is 76.0 Å². The van der Waals surface area contributed by atoms with Gasteiger partial charge in [-0.15, -0.1) is 11.8 Å². The van der Waals surface area contributed by atoms with E-state index in [2.05, 4.69) is 10.6 Å². The van der Waals surface area contributed by atoms with Crippen LogP contribution in [0.4, 0.5) is 11.4 Å². The second-order valence-corrected chi connectivity index (χ2v) is 11.4. The molecule has 4 amide bonds. The van der Waals surface area contributed by atoms with Crippen LogP contribution in [0.25, 0.3) is 6.08 Å². The van der Waals surface area contributed by atoms with E-state index in [0.29, 0.717) is 32.5 Å². The van der Waals surface area contributed by atoms with Gasteiger partial charge in [-0.2, -0.15) is 0 Å².